The van der Waals surface area contributed by atoms with Gasteiger partial charge in [0.05, 0.1) is 25.3 Å². The number of hydrogen-bond donors (Lipinski definition) is 2. The molecular formula is C23H27N7O4. The van der Waals surface area contributed by atoms with Gasteiger partial charge in [-0.2, -0.15) is 0 Å². The van der Waals surface area contributed by atoms with Gasteiger partial charge in [0.1, 0.15) is 17.3 Å². The number of aliphatic hydroxyl groups excluding tert-OH is 1. The number of methoxy groups -OCH3 is 1. The number of nitrogens with one attached hydrogen (secondary N) is 1. The lowest BCUT2D eigenvalue weighted by Gasteiger charge is -2.14. The molecule has 1 aliphatic rings. The van der Waals surface area contributed by atoms with Crippen molar-refractivity contribution < 1.29 is 19.4 Å². The van der Waals surface area contributed by atoms with Crippen LogP contribution in [0.25, 0.3) is 11.5 Å². The van der Waals surface area contributed by atoms with Crippen molar-refractivity contribution in [3.8, 4) is 17.3 Å². The Morgan fingerprint density at radius 2 is 2.00 bits per heavy atom. The van der Waals surface area contributed by atoms with Crippen molar-refractivity contribution >= 4 is 17.6 Å². The molecule has 1 atom stereocenters. The molecule has 1 aromatic carbocycles. The van der Waals surface area contributed by atoms with Crippen molar-refractivity contribution in [3.63, 3.8) is 0 Å². The summed E-state index contributed by atoms with van der Waals surface area (Å²) in [7, 11) is 1.51. The lowest BCUT2D eigenvalue weighted by atomic mass is 10.0. The highest BCUT2D eigenvalue weighted by molar-refractivity contribution is 6.06. The van der Waals surface area contributed by atoms with Crippen LogP contribution >= 0.6 is 0 Å². The number of fused-ring (bicyclic) bond motifs is 1. The predicted molar refractivity (Wildman–Crippen MR) is 123 cm³/mol. The lowest BCUT2D eigenvalue weighted by Crippen LogP contribution is -2.24. The van der Waals surface area contributed by atoms with E-state index in [1.807, 2.05) is 13.0 Å². The molecule has 1 aliphatic heterocycles. The van der Waals surface area contributed by atoms with Gasteiger partial charge in [0.15, 0.2) is 0 Å². The number of rotatable bonds is 8. The van der Waals surface area contributed by atoms with Crippen molar-refractivity contribution in [1.29, 1.82) is 0 Å². The topological polar surface area (TPSA) is 135 Å². The van der Waals surface area contributed by atoms with Crippen molar-refractivity contribution in [3.05, 3.63) is 47.0 Å². The maximum Gasteiger partial charge on any atom is 0.260 e. The van der Waals surface area contributed by atoms with E-state index in [2.05, 4.69) is 25.8 Å². The first-order chi connectivity index (χ1) is 16.4. The van der Waals surface area contributed by atoms with Crippen LogP contribution in [0.5, 0.6) is 5.75 Å². The molecule has 0 bridgehead atoms. The van der Waals surface area contributed by atoms with Gasteiger partial charge in [-0.3, -0.25) is 9.59 Å². The number of hydrogen-bond acceptors (Lipinski definition) is 8. The summed E-state index contributed by atoms with van der Waals surface area (Å²) in [6, 6.07) is 8.38. The Hall–Kier alpha value is -3.86. The number of anilines is 1. The molecule has 0 saturated heterocycles. The Balaban J connectivity index is 1.57. The minimum atomic E-state index is -0.383. The van der Waals surface area contributed by atoms with Gasteiger partial charge >= 0.3 is 0 Å². The zero-order chi connectivity index (χ0) is 24.2. The molecule has 3 heterocycles. The molecule has 0 radical (unpaired) electrons. The Morgan fingerprint density at radius 3 is 2.71 bits per heavy atom. The quantitative estimate of drug-likeness (QED) is 0.517. The molecule has 4 rings (SSSR count). The Kier molecular flexibility index (Phi) is 6.82. The van der Waals surface area contributed by atoms with E-state index < -0.39 is 0 Å². The fraction of sp³-hybridized carbons (Fsp3) is 0.391. The van der Waals surface area contributed by atoms with Crippen LogP contribution in [0, 0.1) is 0 Å². The highest BCUT2D eigenvalue weighted by Crippen LogP contribution is 2.31. The average Bonchev–Trinajstić information content (AvgIpc) is 3.50. The van der Waals surface area contributed by atoms with Crippen LogP contribution in [0.2, 0.25) is 0 Å². The van der Waals surface area contributed by atoms with Crippen LogP contribution < -0.4 is 10.1 Å². The van der Waals surface area contributed by atoms with E-state index in [9.17, 15) is 14.7 Å². The molecule has 0 unspecified atom stereocenters. The number of tetrazole rings is 1. The second kappa shape index (κ2) is 9.96. The van der Waals surface area contributed by atoms with E-state index in [1.54, 1.807) is 36.1 Å². The molecule has 2 aromatic heterocycles. The van der Waals surface area contributed by atoms with Gasteiger partial charge in [-0.1, -0.05) is 13.0 Å². The van der Waals surface area contributed by atoms with Crippen LogP contribution in [0.15, 0.2) is 30.3 Å². The third kappa shape index (κ3) is 4.60. The SMILES string of the molecule is CCCC(=O)N1Cc2cc(OC)c(C(=O)Nc3cccc(-c4nnnn4[C@H](C)CO)n3)cc2C1. The van der Waals surface area contributed by atoms with Crippen LogP contribution in [-0.4, -0.2) is 60.7 Å². The van der Waals surface area contributed by atoms with Crippen molar-refractivity contribution in [2.75, 3.05) is 19.0 Å². The number of amides is 2. The zero-order valence-electron chi connectivity index (χ0n) is 19.4. The molecule has 0 aliphatic carbocycles. The summed E-state index contributed by atoms with van der Waals surface area (Å²) < 4.78 is 6.95. The lowest BCUT2D eigenvalue weighted by molar-refractivity contribution is -0.131. The van der Waals surface area contributed by atoms with Crippen LogP contribution in [0.3, 0.4) is 0 Å². The minimum absolute atomic E-state index is 0.0996. The van der Waals surface area contributed by atoms with E-state index in [4.69, 9.17) is 4.74 Å². The van der Waals surface area contributed by atoms with Crippen LogP contribution in [0.1, 0.15) is 54.2 Å². The van der Waals surface area contributed by atoms with E-state index in [0.717, 1.165) is 17.5 Å². The van der Waals surface area contributed by atoms with Crippen molar-refractivity contribution in [1.82, 2.24) is 30.1 Å². The molecule has 3 aromatic rings. The summed E-state index contributed by atoms with van der Waals surface area (Å²) in [5.74, 6) is 0.840. The van der Waals surface area contributed by atoms with Gasteiger partial charge < -0.3 is 20.1 Å². The number of carbonyl (C=O) groups is 2. The van der Waals surface area contributed by atoms with Crippen molar-refractivity contribution in [2.45, 2.75) is 45.8 Å². The Morgan fingerprint density at radius 1 is 1.24 bits per heavy atom. The number of carbonyl (C=O) groups excluding carboxylic acids is 2. The molecule has 0 spiro atoms. The molecule has 11 heteroatoms. The largest absolute Gasteiger partial charge is 0.496 e. The molecular weight excluding hydrogens is 438 g/mol. The van der Waals surface area contributed by atoms with Gasteiger partial charge in [-0.15, -0.1) is 5.10 Å². The number of benzene rings is 1. The predicted octanol–water partition coefficient (Wildman–Crippen LogP) is 2.19. The fourth-order valence-electron chi connectivity index (χ4n) is 3.87. The molecule has 34 heavy (non-hydrogen) atoms. The second-order valence-corrected chi connectivity index (χ2v) is 8.16. The smallest absolute Gasteiger partial charge is 0.260 e. The standard InChI is InChI=1S/C23H27N7O4/c1-4-6-21(32)29-11-15-9-17(19(34-3)10-16(15)12-29)23(33)25-20-8-5-7-18(24-20)22-26-27-28-30(22)14(2)13-31/h5,7-10,14,31H,4,6,11-13H2,1-3H3,(H,24,25,33)/t14-/m1/s1. The summed E-state index contributed by atoms with van der Waals surface area (Å²) in [4.78, 5) is 31.7. The van der Waals surface area contributed by atoms with Crippen LogP contribution in [0.4, 0.5) is 5.82 Å². The van der Waals surface area contributed by atoms with E-state index in [-0.39, 0.29) is 24.5 Å². The molecule has 0 saturated carbocycles. The third-order valence-electron chi connectivity index (χ3n) is 5.70. The molecule has 178 valence electrons. The Labute approximate surface area is 196 Å². The maximum absolute atomic E-state index is 13.1. The fourth-order valence-corrected chi connectivity index (χ4v) is 3.87. The summed E-state index contributed by atoms with van der Waals surface area (Å²) in [6.45, 7) is 4.61. The van der Waals surface area contributed by atoms with E-state index >= 15 is 0 Å². The Bertz CT molecular complexity index is 1210. The first-order valence-electron chi connectivity index (χ1n) is 11.1. The van der Waals surface area contributed by atoms with E-state index in [0.29, 0.717) is 48.2 Å². The molecule has 11 nitrogen and oxygen atoms in total. The number of ether oxygens (including phenoxy) is 1. The molecule has 0 fully saturated rings. The number of aliphatic hydroxyl groups is 1. The highest BCUT2D eigenvalue weighted by Gasteiger charge is 2.26. The van der Waals surface area contributed by atoms with Crippen LogP contribution in [-0.2, 0) is 17.9 Å². The zero-order valence-corrected chi connectivity index (χ0v) is 19.4. The number of pyridine rings is 1. The average molecular weight is 466 g/mol. The van der Waals surface area contributed by atoms with Gasteiger partial charge in [-0.25, -0.2) is 9.67 Å². The molecule has 2 N–H and O–H groups in total. The number of aromatic nitrogens is 5. The summed E-state index contributed by atoms with van der Waals surface area (Å²) >= 11 is 0. The van der Waals surface area contributed by atoms with Gasteiger partial charge in [0.2, 0.25) is 11.7 Å². The van der Waals surface area contributed by atoms with Crippen molar-refractivity contribution in [2.24, 2.45) is 0 Å². The highest BCUT2D eigenvalue weighted by atomic mass is 16.5. The van der Waals surface area contributed by atoms with Gasteiger partial charge in [0.25, 0.3) is 5.91 Å². The monoisotopic (exact) mass is 465 g/mol. The van der Waals surface area contributed by atoms with Gasteiger partial charge in [0, 0.05) is 19.5 Å². The first kappa shape index (κ1) is 23.3. The van der Waals surface area contributed by atoms with E-state index in [1.165, 1.54) is 11.8 Å². The molecule has 2 amide bonds. The minimum Gasteiger partial charge on any atom is -0.496 e. The summed E-state index contributed by atoms with van der Waals surface area (Å²) in [6.07, 6.45) is 1.29. The van der Waals surface area contributed by atoms with Gasteiger partial charge in [-0.05, 0) is 59.2 Å². The second-order valence-electron chi connectivity index (χ2n) is 8.16. The first-order valence-corrected chi connectivity index (χ1v) is 11.1. The maximum atomic E-state index is 13.1. The summed E-state index contributed by atoms with van der Waals surface area (Å²) in [5, 5.41) is 23.8. The summed E-state index contributed by atoms with van der Waals surface area (Å²) in [5.41, 5.74) is 2.71. The third-order valence-corrected chi connectivity index (χ3v) is 5.70. The number of nitrogens with zero attached hydrogens (tertiary/aromatic N) is 6. The normalized spacial score (nSPS) is 13.5.